The molecule has 0 amide bonds. The minimum Gasteiger partial charge on any atom is 0 e. The molecule has 0 spiro atoms. The van der Waals surface area contributed by atoms with Crippen molar-refractivity contribution in [1.82, 2.24) is 0 Å². The molecule has 0 fully saturated rings. The van der Waals surface area contributed by atoms with E-state index in [2.05, 4.69) is 6.22 Å². The smallest absolute Gasteiger partial charge is 0 e. The topological polar surface area (TPSA) is 0 Å². The first-order valence-electron chi connectivity index (χ1n) is 0.126. The number of halogens is 1. The molecular weight excluding hydrogens is 611 g/mol. The summed E-state index contributed by atoms with van der Waals surface area (Å²) in [4.78, 5) is 0. The Kier molecular flexibility index (Phi) is 103. The molecule has 0 rings (SSSR count). The normalized spacial score (nSPS) is 1.40. The Morgan fingerprint density at radius 2 is 1.20 bits per heavy atom. The van der Waals surface area contributed by atoms with Crippen molar-refractivity contribution in [3.63, 3.8) is 0 Å². The maximum Gasteiger partial charge on any atom is 0 e. The van der Waals surface area contributed by atoms with E-state index in [0.717, 1.165) is 0 Å². The van der Waals surface area contributed by atoms with Gasteiger partial charge in [-0.15, -0.1) is 0 Å². The quantitative estimate of drug-likeness (QED) is 0.355. The summed E-state index contributed by atoms with van der Waals surface area (Å²) in [6.07, 6.45) is 4.64. The summed E-state index contributed by atoms with van der Waals surface area (Å²) in [7, 11) is 0. The van der Waals surface area contributed by atoms with Crippen LogP contribution in [0.2, 0.25) is 0 Å². The van der Waals surface area contributed by atoms with Gasteiger partial charge < -0.3 is 0 Å². The molecule has 0 heterocycles. The molecule has 0 aliphatic rings. The summed E-state index contributed by atoms with van der Waals surface area (Å²) in [5, 5.41) is 0. The van der Waals surface area contributed by atoms with Crippen LogP contribution < -0.4 is 0 Å². The molecule has 0 unspecified atom stereocenters. The maximum atomic E-state index is 4.64. The average Bonchev–Trinajstić information content (AvgIpc) is 1.00. The van der Waals surface area contributed by atoms with E-state index >= 15 is 0 Å². The van der Waals surface area contributed by atoms with E-state index < -0.39 is 0 Å². The van der Waals surface area contributed by atoms with Gasteiger partial charge in [-0.2, -0.15) is 0 Å². The van der Waals surface area contributed by atoms with Crippen LogP contribution in [0.1, 0.15) is 0 Å². The predicted molar refractivity (Wildman–Crippen MR) is 5.85 cm³/mol. The zero-order valence-electron chi connectivity index (χ0n) is 1.91. The SMILES string of the molecule is [Cl][Tb].[Dy].[Ho].[Y]. The molecule has 5 heavy (non-hydrogen) atoms. The van der Waals surface area contributed by atoms with Gasteiger partial charge in [0.25, 0.3) is 0 Å². The first-order chi connectivity index (χ1) is 1.00. The summed E-state index contributed by atoms with van der Waals surface area (Å²) in [5.41, 5.74) is 0. The van der Waals surface area contributed by atoms with Crippen LogP contribution in [0, 0.1) is 111 Å². The number of hydrogen-bond acceptors (Lipinski definition) is 0. The minimum absolute atomic E-state index is 0. The average molecular weight is 611 g/mol. The third-order valence-corrected chi connectivity index (χ3v) is 0. The van der Waals surface area contributed by atoms with Crippen molar-refractivity contribution in [2.24, 2.45) is 0 Å². The predicted octanol–water partition coefficient (Wildman–Crippen LogP) is 0.687. The van der Waals surface area contributed by atoms with Crippen LogP contribution in [0.5, 0.6) is 0 Å². The van der Waals surface area contributed by atoms with E-state index in [1.165, 1.54) is 35.1 Å². The largest absolute Gasteiger partial charge is 0 e. The van der Waals surface area contributed by atoms with E-state index in [1.54, 1.807) is 0 Å². The van der Waals surface area contributed by atoms with Gasteiger partial charge in [0.1, 0.15) is 0 Å². The molecule has 2 radical (unpaired) electrons. The first kappa shape index (κ1) is 22.5. The molecule has 0 aromatic carbocycles. The van der Waals surface area contributed by atoms with Crippen LogP contribution >= 0.6 is 6.22 Å². The molecular formula is ClDyHoTbY. The van der Waals surface area contributed by atoms with Crippen molar-refractivity contribution in [1.29, 1.82) is 0 Å². The zero-order valence-corrected chi connectivity index (χ0v) is 11.6. The molecule has 0 saturated carbocycles. The van der Waals surface area contributed by atoms with Crippen LogP contribution in [0.4, 0.5) is 0 Å². The molecule has 0 aromatic rings. The van der Waals surface area contributed by atoms with Gasteiger partial charge in [-0.3, -0.25) is 0 Å². The van der Waals surface area contributed by atoms with Crippen molar-refractivity contribution in [3.8, 4) is 0 Å². The summed E-state index contributed by atoms with van der Waals surface area (Å²) in [6.45, 7) is 0. The van der Waals surface area contributed by atoms with E-state index in [-0.39, 0.29) is 109 Å². The van der Waals surface area contributed by atoms with Crippen LogP contribution in [-0.2, 0) is 32.7 Å². The molecule has 5 heteroatoms. The Bertz CT molecular complexity index is 11.6. The second kappa shape index (κ2) is 22.9. The van der Waals surface area contributed by atoms with Gasteiger partial charge in [0.05, 0.1) is 0 Å². The standard InChI is InChI=1S/ClH.Dy.Ho.Tb.Y/h1H;;;;/q;;;+1;/p-1. The monoisotopic (exact) mass is 612 g/mol. The fraction of sp³-hybridized carbons (Fsp3) is 0. The summed E-state index contributed by atoms with van der Waals surface area (Å²) in [6, 6.07) is 0. The van der Waals surface area contributed by atoms with Gasteiger partial charge in [0, 0.05) is 109 Å². The third-order valence-electron chi connectivity index (χ3n) is 0. The van der Waals surface area contributed by atoms with E-state index in [4.69, 9.17) is 0 Å². The van der Waals surface area contributed by atoms with Gasteiger partial charge in [-0.25, -0.2) is 0 Å². The Labute approximate surface area is 145 Å². The number of hydrogen-bond donors (Lipinski definition) is 0. The van der Waals surface area contributed by atoms with Gasteiger partial charge >= 0.3 is 41.3 Å². The fourth-order valence-electron chi connectivity index (χ4n) is 0. The van der Waals surface area contributed by atoms with Gasteiger partial charge in [-0.05, 0) is 0 Å². The Balaban J connectivity index is -0.00000000167. The molecule has 0 aromatic heterocycles. The summed E-state index contributed by atoms with van der Waals surface area (Å²) >= 11 is 1.47. The molecule has 0 bridgehead atoms. The molecule has 40 valence electrons. The van der Waals surface area contributed by atoms with Crippen molar-refractivity contribution >= 4 is 6.22 Å². The van der Waals surface area contributed by atoms with Crippen LogP contribution in [0.25, 0.3) is 0 Å². The van der Waals surface area contributed by atoms with Crippen molar-refractivity contribution < 1.29 is 144 Å². The van der Waals surface area contributed by atoms with Crippen LogP contribution in [0.3, 0.4) is 0 Å². The zero-order chi connectivity index (χ0) is 2.00. The summed E-state index contributed by atoms with van der Waals surface area (Å²) in [5.74, 6) is 0. The Hall–Kier alpha value is 5.21. The first-order valence-corrected chi connectivity index (χ1v) is 2.80. The van der Waals surface area contributed by atoms with Gasteiger partial charge in [0.2, 0.25) is 0 Å². The van der Waals surface area contributed by atoms with Gasteiger partial charge in [-0.1, -0.05) is 0 Å². The second-order valence-electron chi connectivity index (χ2n) is 0. The van der Waals surface area contributed by atoms with Gasteiger partial charge in [0.15, 0.2) is 0 Å². The number of rotatable bonds is 0. The van der Waals surface area contributed by atoms with Crippen molar-refractivity contribution in [2.75, 3.05) is 0 Å². The Morgan fingerprint density at radius 1 is 1.20 bits per heavy atom. The molecule has 0 N–H and O–H groups in total. The Morgan fingerprint density at radius 3 is 1.20 bits per heavy atom. The van der Waals surface area contributed by atoms with Crippen molar-refractivity contribution in [3.05, 3.63) is 0 Å². The molecule has 0 atom stereocenters. The molecule has 0 aliphatic heterocycles. The maximum absolute atomic E-state index is 4.64. The van der Waals surface area contributed by atoms with Crippen molar-refractivity contribution in [2.45, 2.75) is 0 Å². The van der Waals surface area contributed by atoms with Crippen LogP contribution in [-0.4, -0.2) is 0 Å². The van der Waals surface area contributed by atoms with E-state index in [1.807, 2.05) is 0 Å². The van der Waals surface area contributed by atoms with E-state index in [9.17, 15) is 0 Å². The van der Waals surface area contributed by atoms with E-state index in [0.29, 0.717) is 0 Å². The third kappa shape index (κ3) is 17.6. The minimum atomic E-state index is 0. The molecule has 0 nitrogen and oxygen atoms in total. The fourth-order valence-corrected chi connectivity index (χ4v) is 0. The molecule has 0 aliphatic carbocycles. The van der Waals surface area contributed by atoms with Crippen LogP contribution in [0.15, 0.2) is 0 Å². The molecule has 0 saturated heterocycles. The second-order valence-corrected chi connectivity index (χ2v) is 0. The summed E-state index contributed by atoms with van der Waals surface area (Å²) < 4.78 is 0.